The molecule has 1 heterocycles. The highest BCUT2D eigenvalue weighted by Crippen LogP contribution is 2.42. The van der Waals surface area contributed by atoms with Gasteiger partial charge < -0.3 is 10.4 Å². The molecule has 0 saturated heterocycles. The number of aryl methyl sites for hydroxylation is 1. The van der Waals surface area contributed by atoms with Gasteiger partial charge in [-0.3, -0.25) is 9.59 Å². The molecule has 6 heteroatoms. The van der Waals surface area contributed by atoms with E-state index < -0.39 is 5.97 Å². The Balaban J connectivity index is 1.75. The molecule has 0 bridgehead atoms. The molecule has 1 aliphatic rings. The van der Waals surface area contributed by atoms with Crippen LogP contribution < -0.4 is 5.32 Å². The van der Waals surface area contributed by atoms with Crippen molar-refractivity contribution in [2.24, 2.45) is 5.92 Å². The van der Waals surface area contributed by atoms with Gasteiger partial charge in [-0.05, 0) is 43.4 Å². The lowest BCUT2D eigenvalue weighted by Gasteiger charge is -2.16. The van der Waals surface area contributed by atoms with Gasteiger partial charge in [0.05, 0.1) is 12.5 Å². The molecule has 2 aromatic rings. The van der Waals surface area contributed by atoms with Crippen LogP contribution in [-0.2, 0) is 11.2 Å². The molecular weight excluding hydrogens is 312 g/mol. The Bertz CT molecular complexity index is 737. The molecule has 1 unspecified atom stereocenters. The summed E-state index contributed by atoms with van der Waals surface area (Å²) in [4.78, 5) is 28.9. The summed E-state index contributed by atoms with van der Waals surface area (Å²) in [6.45, 7) is 2.00. The van der Waals surface area contributed by atoms with E-state index in [1.54, 1.807) is 35.6 Å². The Kier molecular flexibility index (Phi) is 4.43. The number of benzene rings is 1. The summed E-state index contributed by atoms with van der Waals surface area (Å²) < 4.78 is 0. The van der Waals surface area contributed by atoms with Crippen LogP contribution >= 0.6 is 11.3 Å². The molecule has 0 spiro atoms. The molecule has 0 radical (unpaired) electrons. The molecule has 0 aliphatic heterocycles. The quantitative estimate of drug-likeness (QED) is 0.853. The summed E-state index contributed by atoms with van der Waals surface area (Å²) in [5.41, 5.74) is 1.11. The van der Waals surface area contributed by atoms with Gasteiger partial charge in [-0.15, -0.1) is 11.3 Å². The second kappa shape index (κ2) is 6.50. The van der Waals surface area contributed by atoms with E-state index in [-0.39, 0.29) is 18.4 Å². The molecule has 3 rings (SSSR count). The van der Waals surface area contributed by atoms with Crippen LogP contribution in [0.3, 0.4) is 0 Å². The van der Waals surface area contributed by atoms with Crippen LogP contribution in [-0.4, -0.2) is 22.0 Å². The third-order valence-electron chi connectivity index (χ3n) is 3.83. The number of amides is 1. The fourth-order valence-electron chi connectivity index (χ4n) is 2.55. The highest BCUT2D eigenvalue weighted by Gasteiger charge is 2.35. The predicted octanol–water partition coefficient (Wildman–Crippen LogP) is 2.96. The van der Waals surface area contributed by atoms with Gasteiger partial charge in [0, 0.05) is 16.6 Å². The minimum absolute atomic E-state index is 0.0515. The number of carboxylic acids is 1. The molecule has 1 aromatic heterocycles. The number of rotatable bonds is 6. The van der Waals surface area contributed by atoms with Gasteiger partial charge in [-0.1, -0.05) is 12.1 Å². The van der Waals surface area contributed by atoms with Crippen LogP contribution in [0, 0.1) is 12.8 Å². The van der Waals surface area contributed by atoms with Crippen LogP contribution in [0.25, 0.3) is 0 Å². The van der Waals surface area contributed by atoms with E-state index in [1.165, 1.54) is 0 Å². The Morgan fingerprint density at radius 1 is 1.43 bits per heavy atom. The Morgan fingerprint density at radius 3 is 2.83 bits per heavy atom. The van der Waals surface area contributed by atoms with Crippen LogP contribution in [0.15, 0.2) is 30.5 Å². The van der Waals surface area contributed by atoms with Gasteiger partial charge in [-0.25, -0.2) is 4.98 Å². The van der Waals surface area contributed by atoms with Gasteiger partial charge in [0.15, 0.2) is 0 Å². The van der Waals surface area contributed by atoms with Crippen molar-refractivity contribution in [1.29, 1.82) is 0 Å². The number of carbonyl (C=O) groups is 2. The molecule has 2 N–H and O–H groups in total. The summed E-state index contributed by atoms with van der Waals surface area (Å²) in [5, 5.41) is 12.9. The number of carboxylic acid groups (broad SMARTS) is 1. The molecule has 1 atom stereocenters. The molecule has 1 aromatic carbocycles. The maximum absolute atomic E-state index is 12.5. The first-order chi connectivity index (χ1) is 11.0. The topological polar surface area (TPSA) is 79.3 Å². The first-order valence-corrected chi connectivity index (χ1v) is 8.38. The first kappa shape index (κ1) is 15.7. The number of nitrogens with one attached hydrogen (secondary N) is 1. The maximum Gasteiger partial charge on any atom is 0.307 e. The minimum atomic E-state index is -0.906. The molecule has 120 valence electrons. The number of thiazole rings is 1. The number of hydrogen-bond donors (Lipinski definition) is 2. The van der Waals surface area contributed by atoms with Crippen LogP contribution in [0.5, 0.6) is 0 Å². The summed E-state index contributed by atoms with van der Waals surface area (Å²) in [6, 6.07) is 6.72. The Hall–Kier alpha value is -2.21. The lowest BCUT2D eigenvalue weighted by atomic mass is 10.1. The summed E-state index contributed by atoms with van der Waals surface area (Å²) in [5.74, 6) is -0.634. The van der Waals surface area contributed by atoms with Crippen molar-refractivity contribution in [1.82, 2.24) is 10.3 Å². The molecule has 1 aliphatic carbocycles. The van der Waals surface area contributed by atoms with E-state index in [1.807, 2.05) is 13.1 Å². The number of hydrogen-bond acceptors (Lipinski definition) is 4. The predicted molar refractivity (Wildman–Crippen MR) is 87.6 cm³/mol. The number of nitrogens with zero attached hydrogens (tertiary/aromatic N) is 1. The van der Waals surface area contributed by atoms with Gasteiger partial charge in [-0.2, -0.15) is 0 Å². The van der Waals surface area contributed by atoms with E-state index in [0.29, 0.717) is 17.0 Å². The summed E-state index contributed by atoms with van der Waals surface area (Å²) in [7, 11) is 0. The van der Waals surface area contributed by atoms with E-state index in [2.05, 4.69) is 10.3 Å². The SMILES string of the molecule is Cc1cnc(C(NC(=O)c2cccc(CC(=O)O)c2)C2CC2)s1. The van der Waals surface area contributed by atoms with E-state index in [0.717, 1.165) is 22.7 Å². The maximum atomic E-state index is 12.5. The Labute approximate surface area is 138 Å². The van der Waals surface area contributed by atoms with Crippen molar-refractivity contribution in [2.45, 2.75) is 32.2 Å². The number of aliphatic carboxylic acids is 1. The normalized spacial score (nSPS) is 15.2. The van der Waals surface area contributed by atoms with E-state index in [9.17, 15) is 9.59 Å². The number of aromatic nitrogens is 1. The van der Waals surface area contributed by atoms with Gasteiger partial charge in [0.25, 0.3) is 5.91 Å². The first-order valence-electron chi connectivity index (χ1n) is 7.57. The van der Waals surface area contributed by atoms with Crippen LogP contribution in [0.4, 0.5) is 0 Å². The molecule has 5 nitrogen and oxygen atoms in total. The van der Waals surface area contributed by atoms with Crippen LogP contribution in [0.1, 0.15) is 44.7 Å². The smallest absolute Gasteiger partial charge is 0.307 e. The van der Waals surface area contributed by atoms with E-state index >= 15 is 0 Å². The summed E-state index contributed by atoms with van der Waals surface area (Å²) in [6.07, 6.45) is 3.94. The highest BCUT2D eigenvalue weighted by molar-refractivity contribution is 7.11. The molecule has 1 fully saturated rings. The van der Waals surface area contributed by atoms with Crippen molar-refractivity contribution in [3.8, 4) is 0 Å². The second-order valence-corrected chi connectivity index (χ2v) is 7.13. The van der Waals surface area contributed by atoms with Crippen molar-refractivity contribution < 1.29 is 14.7 Å². The second-order valence-electron chi connectivity index (χ2n) is 5.87. The van der Waals surface area contributed by atoms with Crippen molar-refractivity contribution >= 4 is 23.2 Å². The zero-order valence-corrected chi connectivity index (χ0v) is 13.6. The third kappa shape index (κ3) is 3.96. The molecule has 23 heavy (non-hydrogen) atoms. The lowest BCUT2D eigenvalue weighted by molar-refractivity contribution is -0.136. The monoisotopic (exact) mass is 330 g/mol. The van der Waals surface area contributed by atoms with Crippen molar-refractivity contribution in [2.75, 3.05) is 0 Å². The average molecular weight is 330 g/mol. The fourth-order valence-corrected chi connectivity index (χ4v) is 3.47. The highest BCUT2D eigenvalue weighted by atomic mass is 32.1. The lowest BCUT2D eigenvalue weighted by Crippen LogP contribution is -2.29. The van der Waals surface area contributed by atoms with Crippen molar-refractivity contribution in [3.63, 3.8) is 0 Å². The van der Waals surface area contributed by atoms with Crippen LogP contribution in [0.2, 0.25) is 0 Å². The number of carbonyl (C=O) groups excluding carboxylic acids is 1. The molecular formula is C17H18N2O3S. The molecule has 1 amide bonds. The zero-order chi connectivity index (χ0) is 16.4. The summed E-state index contributed by atoms with van der Waals surface area (Å²) >= 11 is 1.61. The van der Waals surface area contributed by atoms with E-state index in [4.69, 9.17) is 5.11 Å². The minimum Gasteiger partial charge on any atom is -0.481 e. The third-order valence-corrected chi connectivity index (χ3v) is 4.83. The standard InChI is InChI=1S/C17H18N2O3S/c1-10-9-18-17(23-10)15(12-5-6-12)19-16(22)13-4-2-3-11(7-13)8-14(20)21/h2-4,7,9,12,15H,5-6,8H2,1H3,(H,19,22)(H,20,21). The van der Waals surface area contributed by atoms with Gasteiger partial charge in [0.1, 0.15) is 5.01 Å². The Morgan fingerprint density at radius 2 is 2.22 bits per heavy atom. The van der Waals surface area contributed by atoms with Crippen molar-refractivity contribution in [3.05, 3.63) is 51.5 Å². The zero-order valence-electron chi connectivity index (χ0n) is 12.8. The average Bonchev–Trinajstić information content (AvgIpc) is 3.25. The van der Waals surface area contributed by atoms with Gasteiger partial charge in [0.2, 0.25) is 0 Å². The largest absolute Gasteiger partial charge is 0.481 e. The molecule has 1 saturated carbocycles. The van der Waals surface area contributed by atoms with Gasteiger partial charge >= 0.3 is 5.97 Å². The fraction of sp³-hybridized carbons (Fsp3) is 0.353.